The first-order valence-electron chi connectivity index (χ1n) is 13.0. The number of benzene rings is 1. The number of carbonyl (C=O) groups excluding carboxylic acids is 4. The monoisotopic (exact) mass is 607 g/mol. The molecule has 0 saturated carbocycles. The van der Waals surface area contributed by atoms with Gasteiger partial charge in [-0.1, -0.05) is 6.08 Å². The van der Waals surface area contributed by atoms with Gasteiger partial charge in [0.2, 0.25) is 5.91 Å². The number of ether oxygens (including phenoxy) is 3. The molecule has 0 spiro atoms. The topological polar surface area (TPSA) is 128 Å². The predicted octanol–water partition coefficient (Wildman–Crippen LogP) is 4.33. The molecule has 0 aromatic heterocycles. The van der Waals surface area contributed by atoms with Gasteiger partial charge in [-0.3, -0.25) is 14.4 Å². The normalized spacial score (nSPS) is 16.4. The maximum absolute atomic E-state index is 13.3. The van der Waals surface area contributed by atoms with Gasteiger partial charge >= 0.3 is 12.1 Å². The molecule has 0 saturated heterocycles. The SMILES string of the molecule is CC(C)(C)OC(=O)CCC(C(N)=O)N1Cc2c(ccc(Br)c2OCC2=CCN(C(=O)OC(C)(C)C)CC2)C1=O. The average Bonchev–Trinajstić information content (AvgIpc) is 3.12. The van der Waals surface area contributed by atoms with Crippen LogP contribution in [-0.4, -0.2) is 70.6 Å². The molecule has 0 bridgehead atoms. The fourth-order valence-electron chi connectivity index (χ4n) is 4.36. The van der Waals surface area contributed by atoms with Gasteiger partial charge in [0.25, 0.3) is 5.91 Å². The predicted molar refractivity (Wildman–Crippen MR) is 148 cm³/mol. The van der Waals surface area contributed by atoms with Gasteiger partial charge in [0, 0.05) is 30.6 Å². The summed E-state index contributed by atoms with van der Waals surface area (Å²) < 4.78 is 17.6. The number of halogens is 1. The number of esters is 1. The van der Waals surface area contributed by atoms with Gasteiger partial charge in [0.05, 0.1) is 11.0 Å². The lowest BCUT2D eigenvalue weighted by Gasteiger charge is -2.29. The maximum Gasteiger partial charge on any atom is 0.410 e. The van der Waals surface area contributed by atoms with Crippen LogP contribution < -0.4 is 10.5 Å². The van der Waals surface area contributed by atoms with Gasteiger partial charge in [-0.2, -0.15) is 0 Å². The van der Waals surface area contributed by atoms with Crippen molar-refractivity contribution in [2.75, 3.05) is 19.7 Å². The first-order chi connectivity index (χ1) is 18.1. The Bertz CT molecular complexity index is 1170. The first kappa shape index (κ1) is 30.5. The molecule has 1 aromatic carbocycles. The van der Waals surface area contributed by atoms with Gasteiger partial charge < -0.3 is 29.7 Å². The van der Waals surface area contributed by atoms with Crippen LogP contribution in [0.5, 0.6) is 5.75 Å². The Kier molecular flexibility index (Phi) is 9.35. The van der Waals surface area contributed by atoms with Crippen LogP contribution in [-0.2, 0) is 25.6 Å². The Balaban J connectivity index is 1.68. The molecule has 0 fully saturated rings. The molecule has 2 N–H and O–H groups in total. The summed E-state index contributed by atoms with van der Waals surface area (Å²) in [5.41, 5.74) is 6.52. The summed E-state index contributed by atoms with van der Waals surface area (Å²) in [4.78, 5) is 53.1. The van der Waals surface area contributed by atoms with Crippen molar-refractivity contribution in [3.05, 3.63) is 39.4 Å². The van der Waals surface area contributed by atoms with E-state index in [1.54, 1.807) is 37.8 Å². The lowest BCUT2D eigenvalue weighted by atomic mass is 10.1. The van der Waals surface area contributed by atoms with Crippen LogP contribution in [0.25, 0.3) is 0 Å². The molecule has 1 atom stereocenters. The van der Waals surface area contributed by atoms with Gasteiger partial charge in [-0.05, 0) is 88.0 Å². The van der Waals surface area contributed by atoms with Gasteiger partial charge in [0.15, 0.2) is 0 Å². The molecule has 1 unspecified atom stereocenters. The molecule has 2 aliphatic rings. The fraction of sp³-hybridized carbons (Fsp3) is 0.571. The molecular weight excluding hydrogens is 570 g/mol. The van der Waals surface area contributed by atoms with Crippen molar-refractivity contribution in [1.29, 1.82) is 0 Å². The van der Waals surface area contributed by atoms with Crippen molar-refractivity contribution in [3.63, 3.8) is 0 Å². The Labute approximate surface area is 237 Å². The van der Waals surface area contributed by atoms with Crippen molar-refractivity contribution in [1.82, 2.24) is 9.80 Å². The van der Waals surface area contributed by atoms with E-state index in [1.807, 2.05) is 26.8 Å². The van der Waals surface area contributed by atoms with Gasteiger partial charge in [0.1, 0.15) is 29.6 Å². The lowest BCUT2D eigenvalue weighted by Crippen LogP contribution is -2.45. The summed E-state index contributed by atoms with van der Waals surface area (Å²) in [6.45, 7) is 12.1. The third kappa shape index (κ3) is 8.20. The lowest BCUT2D eigenvalue weighted by molar-refractivity contribution is -0.155. The number of amides is 3. The summed E-state index contributed by atoms with van der Waals surface area (Å²) in [7, 11) is 0. The molecule has 2 aliphatic heterocycles. The van der Waals surface area contributed by atoms with E-state index >= 15 is 0 Å². The van der Waals surface area contributed by atoms with E-state index in [2.05, 4.69) is 15.9 Å². The summed E-state index contributed by atoms with van der Waals surface area (Å²) in [6.07, 6.45) is 2.23. The van der Waals surface area contributed by atoms with Crippen LogP contribution in [0, 0.1) is 0 Å². The highest BCUT2D eigenvalue weighted by Gasteiger charge is 2.38. The standard InChI is InChI=1S/C28H38BrN3O7/c1-27(2,3)38-22(33)10-9-21(24(30)34)32-15-19-18(25(32)35)7-8-20(29)23(19)37-16-17-11-13-31(14-12-17)26(36)39-28(4,5)6/h7-8,11,21H,9-10,12-16H2,1-6H3,(H2,30,34). The van der Waals surface area contributed by atoms with E-state index in [-0.39, 0.29) is 38.0 Å². The van der Waals surface area contributed by atoms with E-state index in [9.17, 15) is 19.2 Å². The van der Waals surface area contributed by atoms with Crippen molar-refractivity contribution < 1.29 is 33.4 Å². The fourth-order valence-corrected chi connectivity index (χ4v) is 4.85. The second kappa shape index (κ2) is 12.0. The molecule has 3 amide bonds. The van der Waals surface area contributed by atoms with Crippen molar-refractivity contribution in [3.8, 4) is 5.75 Å². The van der Waals surface area contributed by atoms with Crippen LogP contribution in [0.15, 0.2) is 28.3 Å². The van der Waals surface area contributed by atoms with Gasteiger partial charge in [-0.15, -0.1) is 0 Å². The molecule has 10 nitrogen and oxygen atoms in total. The minimum absolute atomic E-state index is 0.0491. The average molecular weight is 609 g/mol. The Morgan fingerprint density at radius 2 is 1.74 bits per heavy atom. The number of rotatable bonds is 8. The molecule has 39 heavy (non-hydrogen) atoms. The summed E-state index contributed by atoms with van der Waals surface area (Å²) >= 11 is 3.52. The largest absolute Gasteiger partial charge is 0.488 e. The van der Waals surface area contributed by atoms with Crippen LogP contribution >= 0.6 is 15.9 Å². The smallest absolute Gasteiger partial charge is 0.410 e. The van der Waals surface area contributed by atoms with E-state index in [0.717, 1.165) is 5.57 Å². The molecule has 3 rings (SSSR count). The minimum Gasteiger partial charge on any atom is -0.488 e. The zero-order valence-electron chi connectivity index (χ0n) is 23.5. The number of hydrogen-bond donors (Lipinski definition) is 1. The highest BCUT2D eigenvalue weighted by Crippen LogP contribution is 2.38. The van der Waals surface area contributed by atoms with E-state index < -0.39 is 29.1 Å². The van der Waals surface area contributed by atoms with Gasteiger partial charge in [-0.25, -0.2) is 4.79 Å². The number of nitrogens with zero attached hydrogens (tertiary/aromatic N) is 2. The molecule has 0 radical (unpaired) electrons. The number of hydrogen-bond acceptors (Lipinski definition) is 7. The number of nitrogens with two attached hydrogens (primary N) is 1. The van der Waals surface area contributed by atoms with Crippen LogP contribution in [0.2, 0.25) is 0 Å². The third-order valence-electron chi connectivity index (χ3n) is 6.14. The quantitative estimate of drug-likeness (QED) is 0.344. The molecule has 2 heterocycles. The van der Waals surface area contributed by atoms with E-state index in [4.69, 9.17) is 19.9 Å². The molecule has 11 heteroatoms. The van der Waals surface area contributed by atoms with Crippen molar-refractivity contribution in [2.24, 2.45) is 5.73 Å². The van der Waals surface area contributed by atoms with E-state index in [0.29, 0.717) is 40.9 Å². The number of primary amides is 1. The zero-order valence-corrected chi connectivity index (χ0v) is 25.1. The zero-order chi connectivity index (χ0) is 29.1. The van der Waals surface area contributed by atoms with Crippen molar-refractivity contribution >= 4 is 39.8 Å². The summed E-state index contributed by atoms with van der Waals surface area (Å²) in [5, 5.41) is 0. The first-order valence-corrected chi connectivity index (χ1v) is 13.8. The van der Waals surface area contributed by atoms with Crippen molar-refractivity contribution in [2.45, 2.75) is 84.6 Å². The molecular formula is C28H38BrN3O7. The number of fused-ring (bicyclic) bond motifs is 1. The maximum atomic E-state index is 13.3. The van der Waals surface area contributed by atoms with Crippen LogP contribution in [0.3, 0.4) is 0 Å². The van der Waals surface area contributed by atoms with Crippen LogP contribution in [0.1, 0.15) is 76.7 Å². The minimum atomic E-state index is -0.969. The second-order valence-corrected chi connectivity index (χ2v) is 12.6. The highest BCUT2D eigenvalue weighted by atomic mass is 79.9. The number of carbonyl (C=O) groups is 4. The summed E-state index contributed by atoms with van der Waals surface area (Å²) in [5.74, 6) is -0.992. The summed E-state index contributed by atoms with van der Waals surface area (Å²) in [6, 6.07) is 2.44. The molecule has 1 aromatic rings. The Morgan fingerprint density at radius 3 is 2.31 bits per heavy atom. The molecule has 214 valence electrons. The molecule has 0 aliphatic carbocycles. The Hall–Kier alpha value is -3.08. The highest BCUT2D eigenvalue weighted by molar-refractivity contribution is 9.10. The second-order valence-electron chi connectivity index (χ2n) is 11.7. The van der Waals surface area contributed by atoms with Crippen LogP contribution in [0.4, 0.5) is 4.79 Å². The Morgan fingerprint density at radius 1 is 1.08 bits per heavy atom. The van der Waals surface area contributed by atoms with E-state index in [1.165, 1.54) is 4.90 Å². The third-order valence-corrected chi connectivity index (χ3v) is 6.76.